The van der Waals surface area contributed by atoms with Gasteiger partial charge in [0.05, 0.1) is 29.4 Å². The molecule has 0 saturated carbocycles. The van der Waals surface area contributed by atoms with E-state index >= 15 is 4.39 Å². The van der Waals surface area contributed by atoms with Crippen LogP contribution >= 0.6 is 11.6 Å². The molecule has 8 nitrogen and oxygen atoms in total. The van der Waals surface area contributed by atoms with E-state index in [0.717, 1.165) is 35.9 Å². The van der Waals surface area contributed by atoms with Crippen molar-refractivity contribution in [3.8, 4) is 11.3 Å². The van der Waals surface area contributed by atoms with Crippen molar-refractivity contribution >= 4 is 35.1 Å². The highest BCUT2D eigenvalue weighted by molar-refractivity contribution is 6.33. The average Bonchev–Trinajstić information content (AvgIpc) is 3.38. The van der Waals surface area contributed by atoms with E-state index < -0.39 is 12.0 Å². The summed E-state index contributed by atoms with van der Waals surface area (Å²) in [6.45, 7) is 4.99. The fourth-order valence-electron chi connectivity index (χ4n) is 3.62. The van der Waals surface area contributed by atoms with E-state index in [9.17, 15) is 9.59 Å². The predicted molar refractivity (Wildman–Crippen MR) is 118 cm³/mol. The van der Waals surface area contributed by atoms with E-state index in [1.807, 2.05) is 4.90 Å². The SMILES string of the molecule is CC(C)OC(=O)Nc1cnc2nc(-c3cc(CC(=O)N4CCCC4)ccc3Cl)c(F)n2c1. The lowest BCUT2D eigenvalue weighted by Crippen LogP contribution is -2.29. The number of benzene rings is 1. The van der Waals surface area contributed by atoms with Crippen molar-refractivity contribution in [1.29, 1.82) is 0 Å². The minimum atomic E-state index is -0.682. The number of halogens is 2. The molecule has 0 atom stereocenters. The van der Waals surface area contributed by atoms with Crippen LogP contribution in [-0.2, 0) is 16.0 Å². The topological polar surface area (TPSA) is 88.8 Å². The van der Waals surface area contributed by atoms with Gasteiger partial charge in [0, 0.05) is 24.8 Å². The molecule has 168 valence electrons. The highest BCUT2D eigenvalue weighted by Gasteiger charge is 2.21. The lowest BCUT2D eigenvalue weighted by atomic mass is 10.1. The van der Waals surface area contributed by atoms with Gasteiger partial charge >= 0.3 is 6.09 Å². The Hall–Kier alpha value is -3.20. The summed E-state index contributed by atoms with van der Waals surface area (Å²) in [6, 6.07) is 5.07. The van der Waals surface area contributed by atoms with Crippen LogP contribution in [0.3, 0.4) is 0 Å². The quantitative estimate of drug-likeness (QED) is 0.614. The molecule has 32 heavy (non-hydrogen) atoms. The Balaban J connectivity index is 1.62. The Morgan fingerprint density at radius 1 is 1.28 bits per heavy atom. The molecule has 3 heterocycles. The molecular formula is C22H23ClFN5O3. The zero-order valence-electron chi connectivity index (χ0n) is 17.8. The number of amides is 2. The molecule has 0 bridgehead atoms. The van der Waals surface area contributed by atoms with Gasteiger partial charge in [0.1, 0.15) is 5.69 Å². The third-order valence-electron chi connectivity index (χ3n) is 5.11. The van der Waals surface area contributed by atoms with E-state index in [4.69, 9.17) is 16.3 Å². The Morgan fingerprint density at radius 3 is 2.75 bits per heavy atom. The largest absolute Gasteiger partial charge is 0.447 e. The van der Waals surface area contributed by atoms with E-state index in [1.54, 1.807) is 32.0 Å². The van der Waals surface area contributed by atoms with Crippen LogP contribution in [0.25, 0.3) is 17.0 Å². The lowest BCUT2D eigenvalue weighted by Gasteiger charge is -2.15. The fraction of sp³-hybridized carbons (Fsp3) is 0.364. The van der Waals surface area contributed by atoms with Crippen molar-refractivity contribution in [2.24, 2.45) is 0 Å². The second-order valence-corrected chi connectivity index (χ2v) is 8.33. The third kappa shape index (κ3) is 4.67. The number of ether oxygens (including phenoxy) is 1. The molecule has 2 amide bonds. The molecule has 2 aromatic heterocycles. The zero-order valence-corrected chi connectivity index (χ0v) is 18.5. The lowest BCUT2D eigenvalue weighted by molar-refractivity contribution is -0.129. The van der Waals surface area contributed by atoms with E-state index in [0.29, 0.717) is 10.6 Å². The number of anilines is 1. The second kappa shape index (κ2) is 9.12. The number of hydrogen-bond donors (Lipinski definition) is 1. The van der Waals surface area contributed by atoms with Crippen LogP contribution in [-0.4, -0.2) is 50.5 Å². The van der Waals surface area contributed by atoms with Gasteiger partial charge in [-0.05, 0) is 44.4 Å². The Morgan fingerprint density at radius 2 is 2.03 bits per heavy atom. The standard InChI is InChI=1S/C22H23ClFN5O3/c1-13(2)32-22(31)26-15-11-25-21-27-19(20(24)29(21)12-15)16-9-14(5-6-17(16)23)10-18(30)28-7-3-4-8-28/h5-6,9,11-13H,3-4,7-8,10H2,1-2H3,(H,26,31). The number of rotatable bonds is 5. The average molecular weight is 460 g/mol. The normalized spacial score (nSPS) is 13.7. The summed E-state index contributed by atoms with van der Waals surface area (Å²) in [4.78, 5) is 34.5. The molecule has 10 heteroatoms. The smallest absolute Gasteiger partial charge is 0.411 e. The van der Waals surface area contributed by atoms with Crippen LogP contribution in [0.15, 0.2) is 30.6 Å². The summed E-state index contributed by atoms with van der Waals surface area (Å²) in [7, 11) is 0. The molecular weight excluding hydrogens is 437 g/mol. The number of carbonyl (C=O) groups excluding carboxylic acids is 2. The van der Waals surface area contributed by atoms with Crippen LogP contribution < -0.4 is 5.32 Å². The molecule has 1 aliphatic heterocycles. The summed E-state index contributed by atoms with van der Waals surface area (Å²) in [5, 5.41) is 2.81. The van der Waals surface area contributed by atoms with Crippen LogP contribution in [0.1, 0.15) is 32.3 Å². The molecule has 0 aliphatic carbocycles. The first-order valence-electron chi connectivity index (χ1n) is 10.4. The van der Waals surface area contributed by atoms with Gasteiger partial charge in [-0.1, -0.05) is 17.7 Å². The number of nitrogens with zero attached hydrogens (tertiary/aromatic N) is 4. The minimum absolute atomic E-state index is 0.0138. The molecule has 0 unspecified atom stereocenters. The van der Waals surface area contributed by atoms with Gasteiger partial charge in [0.2, 0.25) is 17.6 Å². The van der Waals surface area contributed by atoms with Crippen molar-refractivity contribution in [2.45, 2.75) is 39.2 Å². The maximum atomic E-state index is 15.2. The van der Waals surface area contributed by atoms with Crippen molar-refractivity contribution in [3.05, 3.63) is 47.1 Å². The van der Waals surface area contributed by atoms with Crippen LogP contribution in [0.2, 0.25) is 5.02 Å². The number of nitrogens with one attached hydrogen (secondary N) is 1. The van der Waals surface area contributed by atoms with Gasteiger partial charge in [0.15, 0.2) is 0 Å². The molecule has 1 N–H and O–H groups in total. The van der Waals surface area contributed by atoms with Gasteiger partial charge in [-0.25, -0.2) is 14.8 Å². The van der Waals surface area contributed by atoms with Crippen LogP contribution in [0.5, 0.6) is 0 Å². The zero-order chi connectivity index (χ0) is 22.8. The van der Waals surface area contributed by atoms with Crippen molar-refractivity contribution in [1.82, 2.24) is 19.3 Å². The molecule has 1 aromatic carbocycles. The Kier molecular flexibility index (Phi) is 6.27. The maximum Gasteiger partial charge on any atom is 0.411 e. The third-order valence-corrected chi connectivity index (χ3v) is 5.44. The first-order chi connectivity index (χ1) is 15.3. The molecule has 1 aliphatic rings. The summed E-state index contributed by atoms with van der Waals surface area (Å²) >= 11 is 6.34. The molecule has 1 fully saturated rings. The molecule has 3 aromatic rings. The number of hydrogen-bond acceptors (Lipinski definition) is 5. The van der Waals surface area contributed by atoms with Crippen LogP contribution in [0, 0.1) is 5.95 Å². The Bertz CT molecular complexity index is 1170. The van der Waals surface area contributed by atoms with Gasteiger partial charge < -0.3 is 9.64 Å². The summed E-state index contributed by atoms with van der Waals surface area (Å²) < 4.78 is 21.4. The predicted octanol–water partition coefficient (Wildman–Crippen LogP) is 4.31. The van der Waals surface area contributed by atoms with Crippen molar-refractivity contribution in [3.63, 3.8) is 0 Å². The summed E-state index contributed by atoms with van der Waals surface area (Å²) in [5.41, 5.74) is 1.36. The Labute approximate surface area is 189 Å². The van der Waals surface area contributed by atoms with E-state index in [1.165, 1.54) is 12.4 Å². The fourth-order valence-corrected chi connectivity index (χ4v) is 3.83. The van der Waals surface area contributed by atoms with E-state index in [-0.39, 0.29) is 35.6 Å². The number of likely N-dealkylation sites (tertiary alicyclic amines) is 1. The summed E-state index contributed by atoms with van der Waals surface area (Å²) in [5.74, 6) is -0.537. The number of carbonyl (C=O) groups is 2. The molecule has 0 radical (unpaired) electrons. The molecule has 0 spiro atoms. The number of aromatic nitrogens is 3. The second-order valence-electron chi connectivity index (χ2n) is 7.92. The monoisotopic (exact) mass is 459 g/mol. The van der Waals surface area contributed by atoms with Gasteiger partial charge in [-0.3, -0.25) is 14.5 Å². The van der Waals surface area contributed by atoms with Crippen molar-refractivity contribution in [2.75, 3.05) is 18.4 Å². The van der Waals surface area contributed by atoms with E-state index in [2.05, 4.69) is 15.3 Å². The van der Waals surface area contributed by atoms with Crippen LogP contribution in [0.4, 0.5) is 14.9 Å². The van der Waals surface area contributed by atoms with Crippen molar-refractivity contribution < 1.29 is 18.7 Å². The summed E-state index contributed by atoms with van der Waals surface area (Å²) in [6.07, 6.45) is 4.01. The number of fused-ring (bicyclic) bond motifs is 1. The highest BCUT2D eigenvalue weighted by Crippen LogP contribution is 2.31. The minimum Gasteiger partial charge on any atom is -0.447 e. The highest BCUT2D eigenvalue weighted by atomic mass is 35.5. The first-order valence-corrected chi connectivity index (χ1v) is 10.8. The molecule has 1 saturated heterocycles. The van der Waals surface area contributed by atoms with Gasteiger partial charge in [0.25, 0.3) is 0 Å². The van der Waals surface area contributed by atoms with Gasteiger partial charge in [-0.15, -0.1) is 0 Å². The maximum absolute atomic E-state index is 15.2. The van der Waals surface area contributed by atoms with Gasteiger partial charge in [-0.2, -0.15) is 4.39 Å². The molecule has 4 rings (SSSR count). The first kappa shape index (κ1) is 22.0. The number of imidazole rings is 1.